The van der Waals surface area contributed by atoms with Crippen LogP contribution < -0.4 is 11.1 Å². The monoisotopic (exact) mass is 219 g/mol. The van der Waals surface area contributed by atoms with Gasteiger partial charge in [0.05, 0.1) is 6.54 Å². The summed E-state index contributed by atoms with van der Waals surface area (Å²) in [5, 5.41) is 2.70. The van der Waals surface area contributed by atoms with Gasteiger partial charge in [-0.2, -0.15) is 0 Å². The van der Waals surface area contributed by atoms with Crippen molar-refractivity contribution in [1.82, 2.24) is 10.3 Å². The van der Waals surface area contributed by atoms with Crippen LogP contribution in [-0.2, 0) is 11.3 Å². The van der Waals surface area contributed by atoms with E-state index in [2.05, 4.69) is 10.3 Å². The number of oxazole rings is 1. The van der Waals surface area contributed by atoms with Crippen molar-refractivity contribution < 1.29 is 9.21 Å². The van der Waals surface area contributed by atoms with Crippen LogP contribution in [0.15, 0.2) is 22.6 Å². The van der Waals surface area contributed by atoms with E-state index >= 15 is 0 Å². The van der Waals surface area contributed by atoms with E-state index in [1.807, 2.05) is 18.2 Å². The maximum absolute atomic E-state index is 11.0. The van der Waals surface area contributed by atoms with Crippen LogP contribution in [0.3, 0.4) is 0 Å². The first-order valence-corrected chi connectivity index (χ1v) is 5.02. The molecular formula is C11H13N3O2. The summed E-state index contributed by atoms with van der Waals surface area (Å²) < 4.78 is 5.35. The number of carbonyl (C=O) groups is 1. The Morgan fingerprint density at radius 3 is 3.12 bits per heavy atom. The van der Waals surface area contributed by atoms with Crippen LogP contribution in [0.25, 0.3) is 11.1 Å². The topological polar surface area (TPSA) is 81.2 Å². The fourth-order valence-corrected chi connectivity index (χ4v) is 1.47. The van der Waals surface area contributed by atoms with Crippen molar-refractivity contribution in [1.29, 1.82) is 0 Å². The number of rotatable bonds is 3. The quantitative estimate of drug-likeness (QED) is 0.796. The smallest absolute Gasteiger partial charge is 0.234 e. The zero-order valence-electron chi connectivity index (χ0n) is 8.99. The SMILES string of the molecule is Cc1nc2cc(CNC(=O)CN)ccc2o1. The van der Waals surface area contributed by atoms with E-state index in [0.717, 1.165) is 16.7 Å². The van der Waals surface area contributed by atoms with E-state index in [0.29, 0.717) is 12.4 Å². The average Bonchev–Trinajstić information content (AvgIpc) is 2.65. The third-order valence-electron chi connectivity index (χ3n) is 2.23. The number of nitrogens with zero attached hydrogens (tertiary/aromatic N) is 1. The molecule has 1 heterocycles. The van der Waals surface area contributed by atoms with Crippen LogP contribution in [0.5, 0.6) is 0 Å². The first-order chi connectivity index (χ1) is 7.69. The Morgan fingerprint density at radius 2 is 2.38 bits per heavy atom. The summed E-state index contributed by atoms with van der Waals surface area (Å²) in [6, 6.07) is 5.63. The van der Waals surface area contributed by atoms with Gasteiger partial charge in [0.2, 0.25) is 5.91 Å². The summed E-state index contributed by atoms with van der Waals surface area (Å²) in [5.41, 5.74) is 7.72. The van der Waals surface area contributed by atoms with E-state index in [1.165, 1.54) is 0 Å². The Balaban J connectivity index is 2.16. The molecule has 2 rings (SSSR count). The second-order valence-corrected chi connectivity index (χ2v) is 3.52. The van der Waals surface area contributed by atoms with Gasteiger partial charge in [-0.15, -0.1) is 0 Å². The van der Waals surface area contributed by atoms with E-state index in [-0.39, 0.29) is 12.5 Å². The zero-order chi connectivity index (χ0) is 11.5. The summed E-state index contributed by atoms with van der Waals surface area (Å²) in [6.07, 6.45) is 0. The molecule has 16 heavy (non-hydrogen) atoms. The molecule has 1 amide bonds. The predicted octanol–water partition coefficient (Wildman–Crippen LogP) is 0.711. The van der Waals surface area contributed by atoms with Crippen molar-refractivity contribution in [2.45, 2.75) is 13.5 Å². The highest BCUT2D eigenvalue weighted by molar-refractivity contribution is 5.78. The molecule has 2 aromatic rings. The molecule has 0 fully saturated rings. The van der Waals surface area contributed by atoms with Crippen molar-refractivity contribution in [2.24, 2.45) is 5.73 Å². The lowest BCUT2D eigenvalue weighted by Gasteiger charge is -2.02. The first-order valence-electron chi connectivity index (χ1n) is 5.02. The first kappa shape index (κ1) is 10.6. The summed E-state index contributed by atoms with van der Waals surface area (Å²) in [6.45, 7) is 2.26. The van der Waals surface area contributed by atoms with Gasteiger partial charge >= 0.3 is 0 Å². The Bertz CT molecular complexity index is 519. The number of aryl methyl sites for hydroxylation is 1. The van der Waals surface area contributed by atoms with Crippen LogP contribution in [0.1, 0.15) is 11.5 Å². The van der Waals surface area contributed by atoms with Gasteiger partial charge in [-0.3, -0.25) is 4.79 Å². The predicted molar refractivity (Wildman–Crippen MR) is 59.6 cm³/mol. The molecule has 0 aliphatic carbocycles. The van der Waals surface area contributed by atoms with Crippen LogP contribution in [0, 0.1) is 6.92 Å². The minimum absolute atomic E-state index is 0.00527. The van der Waals surface area contributed by atoms with Crippen molar-refractivity contribution in [3.05, 3.63) is 29.7 Å². The summed E-state index contributed by atoms with van der Waals surface area (Å²) in [4.78, 5) is 15.2. The normalized spacial score (nSPS) is 10.6. The molecule has 1 aromatic heterocycles. The Hall–Kier alpha value is -1.88. The molecule has 0 radical (unpaired) electrons. The molecule has 84 valence electrons. The van der Waals surface area contributed by atoms with Crippen molar-refractivity contribution in [3.63, 3.8) is 0 Å². The number of fused-ring (bicyclic) bond motifs is 1. The number of carbonyl (C=O) groups excluding carboxylic acids is 1. The molecule has 0 aliphatic heterocycles. The van der Waals surface area contributed by atoms with Gasteiger partial charge in [0.15, 0.2) is 11.5 Å². The fraction of sp³-hybridized carbons (Fsp3) is 0.273. The number of hydrogen-bond acceptors (Lipinski definition) is 4. The third kappa shape index (κ3) is 2.20. The summed E-state index contributed by atoms with van der Waals surface area (Å²) >= 11 is 0. The lowest BCUT2D eigenvalue weighted by Crippen LogP contribution is -2.29. The highest BCUT2D eigenvalue weighted by Gasteiger charge is 2.03. The lowest BCUT2D eigenvalue weighted by molar-refractivity contribution is -0.119. The third-order valence-corrected chi connectivity index (χ3v) is 2.23. The van der Waals surface area contributed by atoms with Crippen molar-refractivity contribution >= 4 is 17.0 Å². The number of nitrogens with two attached hydrogens (primary N) is 1. The molecule has 0 atom stereocenters. The van der Waals surface area contributed by atoms with Crippen LogP contribution in [-0.4, -0.2) is 17.4 Å². The molecule has 5 heteroatoms. The standard InChI is InChI=1S/C11H13N3O2/c1-7-14-9-4-8(2-3-10(9)16-7)6-13-11(15)5-12/h2-4H,5-6,12H2,1H3,(H,13,15). The van der Waals surface area contributed by atoms with Gasteiger partial charge < -0.3 is 15.5 Å². The Morgan fingerprint density at radius 1 is 1.56 bits per heavy atom. The highest BCUT2D eigenvalue weighted by atomic mass is 16.3. The fourth-order valence-electron chi connectivity index (χ4n) is 1.47. The van der Waals surface area contributed by atoms with Crippen LogP contribution >= 0.6 is 0 Å². The van der Waals surface area contributed by atoms with Gasteiger partial charge in [0.25, 0.3) is 0 Å². The van der Waals surface area contributed by atoms with Gasteiger partial charge in [-0.1, -0.05) is 6.07 Å². The average molecular weight is 219 g/mol. The second kappa shape index (κ2) is 4.32. The maximum Gasteiger partial charge on any atom is 0.234 e. The zero-order valence-corrected chi connectivity index (χ0v) is 8.99. The molecular weight excluding hydrogens is 206 g/mol. The number of nitrogens with one attached hydrogen (secondary N) is 1. The Labute approximate surface area is 92.6 Å². The molecule has 5 nitrogen and oxygen atoms in total. The molecule has 3 N–H and O–H groups in total. The number of aromatic nitrogens is 1. The number of amides is 1. The number of hydrogen-bond donors (Lipinski definition) is 2. The van der Waals surface area contributed by atoms with Gasteiger partial charge in [0, 0.05) is 13.5 Å². The molecule has 0 unspecified atom stereocenters. The van der Waals surface area contributed by atoms with E-state index in [4.69, 9.17) is 10.2 Å². The van der Waals surface area contributed by atoms with E-state index < -0.39 is 0 Å². The molecule has 1 aromatic carbocycles. The van der Waals surface area contributed by atoms with Crippen molar-refractivity contribution in [2.75, 3.05) is 6.54 Å². The second-order valence-electron chi connectivity index (χ2n) is 3.52. The molecule has 0 bridgehead atoms. The molecule has 0 aliphatic rings. The minimum atomic E-state index is -0.170. The number of benzene rings is 1. The van der Waals surface area contributed by atoms with Gasteiger partial charge in [-0.25, -0.2) is 4.98 Å². The van der Waals surface area contributed by atoms with E-state index in [9.17, 15) is 4.79 Å². The Kier molecular flexibility index (Phi) is 2.87. The molecule has 0 saturated heterocycles. The van der Waals surface area contributed by atoms with Crippen LogP contribution in [0.4, 0.5) is 0 Å². The molecule has 0 saturated carbocycles. The summed E-state index contributed by atoms with van der Waals surface area (Å²) in [7, 11) is 0. The largest absolute Gasteiger partial charge is 0.441 e. The van der Waals surface area contributed by atoms with E-state index in [1.54, 1.807) is 6.92 Å². The summed E-state index contributed by atoms with van der Waals surface area (Å²) in [5.74, 6) is 0.467. The van der Waals surface area contributed by atoms with Gasteiger partial charge in [-0.05, 0) is 17.7 Å². The van der Waals surface area contributed by atoms with Crippen LogP contribution in [0.2, 0.25) is 0 Å². The minimum Gasteiger partial charge on any atom is -0.441 e. The lowest BCUT2D eigenvalue weighted by atomic mass is 10.2. The maximum atomic E-state index is 11.0. The van der Waals surface area contributed by atoms with Crippen molar-refractivity contribution in [3.8, 4) is 0 Å². The highest BCUT2D eigenvalue weighted by Crippen LogP contribution is 2.16. The molecule has 0 spiro atoms. The van der Waals surface area contributed by atoms with Gasteiger partial charge in [0.1, 0.15) is 5.52 Å².